The van der Waals surface area contributed by atoms with Gasteiger partial charge in [0.25, 0.3) is 0 Å². The second-order valence-corrected chi connectivity index (χ2v) is 8.16. The molecule has 3 aromatic rings. The van der Waals surface area contributed by atoms with Gasteiger partial charge in [0, 0.05) is 15.4 Å². The summed E-state index contributed by atoms with van der Waals surface area (Å²) >= 11 is 9.39. The molecule has 4 rings (SSSR count). The summed E-state index contributed by atoms with van der Waals surface area (Å²) < 4.78 is 6.27. The summed E-state index contributed by atoms with van der Waals surface area (Å²) in [6, 6.07) is 20.9. The molecule has 1 atom stereocenters. The number of alkyl carbamates (subject to hydrolysis) is 1. The van der Waals surface area contributed by atoms with E-state index < -0.39 is 12.1 Å². The zero-order chi connectivity index (χ0) is 20.4. The number of hydrogen-bond donors (Lipinski definition) is 2. The Morgan fingerprint density at radius 1 is 1.07 bits per heavy atom. The van der Waals surface area contributed by atoms with Crippen LogP contribution in [0.4, 0.5) is 4.79 Å². The van der Waals surface area contributed by atoms with Crippen LogP contribution in [-0.4, -0.2) is 24.4 Å². The van der Waals surface area contributed by atoms with Crippen molar-refractivity contribution in [3.05, 3.63) is 92.9 Å². The minimum atomic E-state index is -0.600. The van der Waals surface area contributed by atoms with Crippen molar-refractivity contribution in [1.29, 1.82) is 0 Å². The van der Waals surface area contributed by atoms with Crippen LogP contribution in [0.15, 0.2) is 71.2 Å². The summed E-state index contributed by atoms with van der Waals surface area (Å²) in [5.74, 6) is -0.0111. The van der Waals surface area contributed by atoms with E-state index >= 15 is 0 Å². The number of amides is 1. The molecule has 6 heteroatoms. The fourth-order valence-electron chi connectivity index (χ4n) is 3.79. The van der Waals surface area contributed by atoms with Gasteiger partial charge in [-0.2, -0.15) is 0 Å². The van der Waals surface area contributed by atoms with Gasteiger partial charge in [-0.1, -0.05) is 82.1 Å². The first-order chi connectivity index (χ1) is 14.1. The fraction of sp³-hybridized carbons (Fsp3) is 0.174. The van der Waals surface area contributed by atoms with Crippen LogP contribution in [0.3, 0.4) is 0 Å². The maximum absolute atomic E-state index is 12.5. The molecule has 1 amide bonds. The lowest BCUT2D eigenvalue weighted by molar-refractivity contribution is 0.132. The van der Waals surface area contributed by atoms with Crippen LogP contribution in [0, 0.1) is 0 Å². The molecule has 0 unspecified atom stereocenters. The van der Waals surface area contributed by atoms with E-state index in [9.17, 15) is 9.90 Å². The van der Waals surface area contributed by atoms with Crippen LogP contribution in [0.5, 0.6) is 0 Å². The Hall–Kier alpha value is -2.34. The predicted octanol–water partition coefficient (Wildman–Crippen LogP) is 5.67. The van der Waals surface area contributed by atoms with Crippen LogP contribution in [0.1, 0.15) is 28.7 Å². The Bertz CT molecular complexity index is 1010. The van der Waals surface area contributed by atoms with Crippen molar-refractivity contribution < 1.29 is 14.6 Å². The molecule has 0 aliphatic heterocycles. The summed E-state index contributed by atoms with van der Waals surface area (Å²) in [6.07, 6.45) is -0.576. The quantitative estimate of drug-likeness (QED) is 0.503. The molecule has 0 saturated carbocycles. The van der Waals surface area contributed by atoms with E-state index in [0.29, 0.717) is 9.50 Å². The molecule has 4 nitrogen and oxygen atoms in total. The van der Waals surface area contributed by atoms with Crippen LogP contribution >= 0.6 is 27.5 Å². The second kappa shape index (κ2) is 8.57. The van der Waals surface area contributed by atoms with Crippen molar-refractivity contribution in [2.45, 2.75) is 12.0 Å². The SMILES string of the molecule is O=C(N[C@@H](CO)c1ccc(Cl)cc1Br)OCC1c2ccccc2-c2ccccc21. The van der Waals surface area contributed by atoms with Crippen LogP contribution in [-0.2, 0) is 4.74 Å². The molecule has 0 bridgehead atoms. The second-order valence-electron chi connectivity index (χ2n) is 6.87. The van der Waals surface area contributed by atoms with E-state index in [1.165, 1.54) is 11.1 Å². The molecule has 0 fully saturated rings. The number of hydrogen-bond acceptors (Lipinski definition) is 3. The lowest BCUT2D eigenvalue weighted by Crippen LogP contribution is -2.32. The highest BCUT2D eigenvalue weighted by Gasteiger charge is 2.29. The molecule has 0 spiro atoms. The highest BCUT2D eigenvalue weighted by molar-refractivity contribution is 9.10. The van der Waals surface area contributed by atoms with Gasteiger partial charge in [0.05, 0.1) is 12.6 Å². The largest absolute Gasteiger partial charge is 0.449 e. The average molecular weight is 473 g/mol. The first-order valence-corrected chi connectivity index (χ1v) is 10.4. The highest BCUT2D eigenvalue weighted by Crippen LogP contribution is 2.44. The van der Waals surface area contributed by atoms with E-state index in [-0.39, 0.29) is 19.1 Å². The standard InChI is InChI=1S/C23H19BrClNO3/c24-21-11-14(25)9-10-19(21)22(12-27)26-23(28)29-13-20-17-7-3-1-5-15(17)16-6-2-4-8-18(16)20/h1-11,20,22,27H,12-13H2,(H,26,28)/t22-/m0/s1. The average Bonchev–Trinajstić information content (AvgIpc) is 3.05. The minimum absolute atomic E-state index is 0.0111. The maximum atomic E-state index is 12.5. The first-order valence-electron chi connectivity index (χ1n) is 9.26. The summed E-state index contributed by atoms with van der Waals surface area (Å²) in [5.41, 5.74) is 5.39. The number of halogens is 2. The number of benzene rings is 3. The Kier molecular flexibility index (Phi) is 5.90. The third kappa shape index (κ3) is 4.04. The fourth-order valence-corrected chi connectivity index (χ4v) is 4.75. The van der Waals surface area contributed by atoms with Crippen molar-refractivity contribution >= 4 is 33.6 Å². The Labute approximate surface area is 182 Å². The molecule has 3 aromatic carbocycles. The molecular weight excluding hydrogens is 454 g/mol. The van der Waals surface area contributed by atoms with Gasteiger partial charge in [0.2, 0.25) is 0 Å². The molecule has 1 aliphatic rings. The van der Waals surface area contributed by atoms with E-state index in [0.717, 1.165) is 16.7 Å². The first kappa shape index (κ1) is 20.0. The Morgan fingerprint density at radius 2 is 1.69 bits per heavy atom. The van der Waals surface area contributed by atoms with Crippen LogP contribution in [0.2, 0.25) is 5.02 Å². The number of aliphatic hydroxyl groups is 1. The van der Waals surface area contributed by atoms with E-state index in [1.54, 1.807) is 18.2 Å². The van der Waals surface area contributed by atoms with Gasteiger partial charge >= 0.3 is 6.09 Å². The number of aliphatic hydroxyl groups excluding tert-OH is 1. The number of rotatable bonds is 5. The molecule has 2 N–H and O–H groups in total. The Morgan fingerprint density at radius 3 is 2.28 bits per heavy atom. The van der Waals surface area contributed by atoms with Gasteiger partial charge in [-0.05, 0) is 39.9 Å². The lowest BCUT2D eigenvalue weighted by Gasteiger charge is -2.20. The summed E-state index contributed by atoms with van der Waals surface area (Å²) in [7, 11) is 0. The summed E-state index contributed by atoms with van der Waals surface area (Å²) in [4.78, 5) is 12.5. The third-order valence-corrected chi connectivity index (χ3v) is 6.08. The third-order valence-electron chi connectivity index (χ3n) is 5.16. The smallest absolute Gasteiger partial charge is 0.407 e. The zero-order valence-electron chi connectivity index (χ0n) is 15.4. The monoisotopic (exact) mass is 471 g/mol. The molecular formula is C23H19BrClNO3. The highest BCUT2D eigenvalue weighted by atomic mass is 79.9. The van der Waals surface area contributed by atoms with Gasteiger partial charge < -0.3 is 15.2 Å². The number of fused-ring (bicyclic) bond motifs is 3. The maximum Gasteiger partial charge on any atom is 0.407 e. The molecule has 0 saturated heterocycles. The number of carbonyl (C=O) groups excluding carboxylic acids is 1. The topological polar surface area (TPSA) is 58.6 Å². The van der Waals surface area contributed by atoms with Crippen LogP contribution < -0.4 is 5.32 Å². The predicted molar refractivity (Wildman–Crippen MR) is 117 cm³/mol. The van der Waals surface area contributed by atoms with Gasteiger partial charge in [-0.3, -0.25) is 0 Å². The normalized spacial score (nSPS) is 13.5. The molecule has 29 heavy (non-hydrogen) atoms. The Balaban J connectivity index is 1.47. The number of carbonyl (C=O) groups is 1. The van der Waals surface area contributed by atoms with Crippen molar-refractivity contribution in [3.8, 4) is 11.1 Å². The molecule has 0 heterocycles. The van der Waals surface area contributed by atoms with Crippen molar-refractivity contribution in [1.82, 2.24) is 5.32 Å². The molecule has 148 valence electrons. The van der Waals surface area contributed by atoms with E-state index in [1.807, 2.05) is 24.3 Å². The number of nitrogens with one attached hydrogen (secondary N) is 1. The molecule has 0 radical (unpaired) electrons. The zero-order valence-corrected chi connectivity index (χ0v) is 17.8. The van der Waals surface area contributed by atoms with Gasteiger partial charge in [-0.15, -0.1) is 0 Å². The van der Waals surface area contributed by atoms with Gasteiger partial charge in [-0.25, -0.2) is 4.79 Å². The van der Waals surface area contributed by atoms with Crippen molar-refractivity contribution in [2.75, 3.05) is 13.2 Å². The minimum Gasteiger partial charge on any atom is -0.449 e. The van der Waals surface area contributed by atoms with Gasteiger partial charge in [0.15, 0.2) is 0 Å². The number of ether oxygens (including phenoxy) is 1. The van der Waals surface area contributed by atoms with E-state index in [2.05, 4.69) is 45.5 Å². The van der Waals surface area contributed by atoms with Gasteiger partial charge in [0.1, 0.15) is 6.61 Å². The van der Waals surface area contributed by atoms with Crippen molar-refractivity contribution in [2.24, 2.45) is 0 Å². The molecule has 1 aliphatic carbocycles. The van der Waals surface area contributed by atoms with Crippen molar-refractivity contribution in [3.63, 3.8) is 0 Å². The molecule has 0 aromatic heterocycles. The summed E-state index contributed by atoms with van der Waals surface area (Å²) in [5, 5.41) is 13.0. The summed E-state index contributed by atoms with van der Waals surface area (Å²) in [6.45, 7) is -0.0375. The lowest BCUT2D eigenvalue weighted by atomic mass is 9.98. The van der Waals surface area contributed by atoms with Crippen LogP contribution in [0.25, 0.3) is 11.1 Å². The van der Waals surface area contributed by atoms with E-state index in [4.69, 9.17) is 16.3 Å².